The number of thioether (sulfide) groups is 1. The molecule has 1 aromatic rings. The lowest BCUT2D eigenvalue weighted by atomic mass is 9.79. The van der Waals surface area contributed by atoms with Gasteiger partial charge in [0.15, 0.2) is 0 Å². The quantitative estimate of drug-likeness (QED) is 0.627. The number of rotatable bonds is 4. The molecule has 0 aromatic heterocycles. The van der Waals surface area contributed by atoms with Gasteiger partial charge in [0.1, 0.15) is 0 Å². The fourth-order valence-electron chi connectivity index (χ4n) is 1.86. The van der Waals surface area contributed by atoms with Gasteiger partial charge in [0, 0.05) is 4.90 Å². The summed E-state index contributed by atoms with van der Waals surface area (Å²) in [4.78, 5) is 0.825. The molecule has 1 aliphatic heterocycles. The molecule has 6 heteroatoms. The van der Waals surface area contributed by atoms with E-state index in [-0.39, 0.29) is 17.0 Å². The SMILES string of the molecule is CC1(C)OB(c2ccc(SCC(F)F)cc2)OC1(C)C. The van der Waals surface area contributed by atoms with Gasteiger partial charge in [0.2, 0.25) is 6.43 Å². The summed E-state index contributed by atoms with van der Waals surface area (Å²) in [6, 6.07) is 7.40. The van der Waals surface area contributed by atoms with Gasteiger partial charge in [-0.25, -0.2) is 8.78 Å². The smallest absolute Gasteiger partial charge is 0.399 e. The number of alkyl halides is 2. The molecular weight excluding hydrogens is 281 g/mol. The van der Waals surface area contributed by atoms with Crippen molar-refractivity contribution in [2.45, 2.75) is 50.2 Å². The molecule has 2 rings (SSSR count). The van der Waals surface area contributed by atoms with Crippen LogP contribution in [-0.4, -0.2) is 30.5 Å². The number of benzene rings is 1. The third-order valence-corrected chi connectivity index (χ3v) is 4.81. The van der Waals surface area contributed by atoms with E-state index in [0.29, 0.717) is 0 Å². The number of hydrogen-bond acceptors (Lipinski definition) is 3. The predicted octanol–water partition coefficient (Wildman–Crippen LogP) is 3.34. The Balaban J connectivity index is 2.05. The zero-order valence-corrected chi connectivity index (χ0v) is 13.0. The van der Waals surface area contributed by atoms with Crippen LogP contribution in [0.2, 0.25) is 0 Å². The van der Waals surface area contributed by atoms with Crippen LogP contribution < -0.4 is 5.46 Å². The summed E-state index contributed by atoms with van der Waals surface area (Å²) in [7, 11) is -0.408. The molecule has 0 spiro atoms. The molecule has 110 valence electrons. The van der Waals surface area contributed by atoms with Crippen molar-refractivity contribution in [1.29, 1.82) is 0 Å². The largest absolute Gasteiger partial charge is 0.494 e. The molecule has 1 aromatic carbocycles. The summed E-state index contributed by atoms with van der Waals surface area (Å²) in [5, 5.41) is 0. The maximum Gasteiger partial charge on any atom is 0.494 e. The van der Waals surface area contributed by atoms with Crippen LogP contribution in [0.1, 0.15) is 27.7 Å². The summed E-state index contributed by atoms with van der Waals surface area (Å²) in [5.74, 6) is -0.185. The van der Waals surface area contributed by atoms with Crippen molar-refractivity contribution < 1.29 is 18.1 Å². The molecule has 1 heterocycles. The first-order chi connectivity index (χ1) is 9.21. The van der Waals surface area contributed by atoms with E-state index in [0.717, 1.165) is 22.1 Å². The summed E-state index contributed by atoms with van der Waals surface area (Å²) < 4.78 is 36.2. The zero-order valence-electron chi connectivity index (χ0n) is 12.2. The highest BCUT2D eigenvalue weighted by molar-refractivity contribution is 7.99. The van der Waals surface area contributed by atoms with Crippen molar-refractivity contribution >= 4 is 24.3 Å². The molecule has 1 aliphatic rings. The Morgan fingerprint density at radius 2 is 1.55 bits per heavy atom. The van der Waals surface area contributed by atoms with Gasteiger partial charge in [-0.1, -0.05) is 12.1 Å². The van der Waals surface area contributed by atoms with Gasteiger partial charge in [-0.3, -0.25) is 0 Å². The normalized spacial score (nSPS) is 20.6. The highest BCUT2D eigenvalue weighted by Gasteiger charge is 2.51. The molecule has 0 amide bonds. The highest BCUT2D eigenvalue weighted by Crippen LogP contribution is 2.36. The summed E-state index contributed by atoms with van der Waals surface area (Å²) >= 11 is 1.15. The Bertz CT molecular complexity index is 447. The molecule has 1 fully saturated rings. The van der Waals surface area contributed by atoms with Crippen LogP contribution in [-0.2, 0) is 9.31 Å². The van der Waals surface area contributed by atoms with E-state index in [2.05, 4.69) is 0 Å². The summed E-state index contributed by atoms with van der Waals surface area (Å²) in [5.41, 5.74) is 0.159. The third-order valence-electron chi connectivity index (χ3n) is 3.78. The molecule has 0 bridgehead atoms. The van der Waals surface area contributed by atoms with E-state index < -0.39 is 13.5 Å². The molecule has 0 unspecified atom stereocenters. The van der Waals surface area contributed by atoms with Crippen LogP contribution in [0.3, 0.4) is 0 Å². The van der Waals surface area contributed by atoms with E-state index in [4.69, 9.17) is 9.31 Å². The van der Waals surface area contributed by atoms with Gasteiger partial charge < -0.3 is 9.31 Å². The molecule has 1 saturated heterocycles. The minimum atomic E-state index is -2.29. The van der Waals surface area contributed by atoms with Gasteiger partial charge >= 0.3 is 7.12 Å². The standard InChI is InChI=1S/C14H19BF2O2S/c1-13(2)14(3,4)19-15(18-13)10-5-7-11(8-6-10)20-9-12(16)17/h5-8,12H,9H2,1-4H3. The molecule has 0 aliphatic carbocycles. The van der Waals surface area contributed by atoms with Crippen molar-refractivity contribution in [3.8, 4) is 0 Å². The van der Waals surface area contributed by atoms with Crippen LogP contribution in [0, 0.1) is 0 Å². The maximum absolute atomic E-state index is 12.2. The lowest BCUT2D eigenvalue weighted by Gasteiger charge is -2.32. The average molecular weight is 300 g/mol. The lowest BCUT2D eigenvalue weighted by Crippen LogP contribution is -2.41. The number of halogens is 2. The molecule has 0 atom stereocenters. The van der Waals surface area contributed by atoms with E-state index in [9.17, 15) is 8.78 Å². The summed E-state index contributed by atoms with van der Waals surface area (Å²) in [6.07, 6.45) is -2.29. The van der Waals surface area contributed by atoms with Crippen LogP contribution in [0.5, 0.6) is 0 Å². The third kappa shape index (κ3) is 3.35. The minimum Gasteiger partial charge on any atom is -0.399 e. The monoisotopic (exact) mass is 300 g/mol. The Kier molecular flexibility index (Phi) is 4.47. The minimum absolute atomic E-state index is 0.185. The van der Waals surface area contributed by atoms with Gasteiger partial charge in [0.25, 0.3) is 0 Å². The predicted molar refractivity (Wildman–Crippen MR) is 78.9 cm³/mol. The lowest BCUT2D eigenvalue weighted by molar-refractivity contribution is 0.00578. The molecule has 2 nitrogen and oxygen atoms in total. The summed E-state index contributed by atoms with van der Waals surface area (Å²) in [6.45, 7) is 8.00. The fraction of sp³-hybridized carbons (Fsp3) is 0.571. The van der Waals surface area contributed by atoms with Crippen molar-refractivity contribution in [3.05, 3.63) is 24.3 Å². The molecular formula is C14H19BF2O2S. The Morgan fingerprint density at radius 3 is 2.00 bits per heavy atom. The fourth-order valence-corrected chi connectivity index (χ4v) is 2.51. The van der Waals surface area contributed by atoms with E-state index >= 15 is 0 Å². The van der Waals surface area contributed by atoms with E-state index in [1.807, 2.05) is 52.0 Å². The first-order valence-electron chi connectivity index (χ1n) is 6.58. The molecule has 0 N–H and O–H groups in total. The van der Waals surface area contributed by atoms with Crippen molar-refractivity contribution in [1.82, 2.24) is 0 Å². The van der Waals surface area contributed by atoms with Crippen LogP contribution >= 0.6 is 11.8 Å². The van der Waals surface area contributed by atoms with E-state index in [1.54, 1.807) is 0 Å². The second-order valence-electron chi connectivity index (χ2n) is 5.86. The van der Waals surface area contributed by atoms with Crippen molar-refractivity contribution in [2.75, 3.05) is 5.75 Å². The Morgan fingerprint density at radius 1 is 1.05 bits per heavy atom. The van der Waals surface area contributed by atoms with Gasteiger partial charge in [-0.2, -0.15) is 0 Å². The van der Waals surface area contributed by atoms with Gasteiger partial charge in [0.05, 0.1) is 17.0 Å². The van der Waals surface area contributed by atoms with Crippen LogP contribution in [0.4, 0.5) is 8.78 Å². The van der Waals surface area contributed by atoms with E-state index in [1.165, 1.54) is 0 Å². The molecule has 20 heavy (non-hydrogen) atoms. The van der Waals surface area contributed by atoms with Gasteiger partial charge in [-0.05, 0) is 45.3 Å². The molecule has 0 radical (unpaired) electrons. The maximum atomic E-state index is 12.2. The second kappa shape index (κ2) is 5.66. The first-order valence-corrected chi connectivity index (χ1v) is 7.56. The van der Waals surface area contributed by atoms with Crippen molar-refractivity contribution in [2.24, 2.45) is 0 Å². The average Bonchev–Trinajstić information content (AvgIpc) is 2.56. The van der Waals surface area contributed by atoms with Crippen molar-refractivity contribution in [3.63, 3.8) is 0 Å². The second-order valence-corrected chi connectivity index (χ2v) is 6.95. The Labute approximate surface area is 123 Å². The van der Waals surface area contributed by atoms with Crippen LogP contribution in [0.15, 0.2) is 29.2 Å². The highest BCUT2D eigenvalue weighted by atomic mass is 32.2. The van der Waals surface area contributed by atoms with Gasteiger partial charge in [-0.15, -0.1) is 11.8 Å². The van der Waals surface area contributed by atoms with Crippen LogP contribution in [0.25, 0.3) is 0 Å². The first kappa shape index (κ1) is 15.8. The zero-order chi connectivity index (χ0) is 15.0. The molecule has 0 saturated carbocycles. The number of hydrogen-bond donors (Lipinski definition) is 0. The topological polar surface area (TPSA) is 18.5 Å². The Hall–Kier alpha value is -0.585.